The minimum absolute atomic E-state index is 0.185. The molecule has 0 bridgehead atoms. The van der Waals surface area contributed by atoms with Crippen molar-refractivity contribution in [3.05, 3.63) is 48.4 Å². The van der Waals surface area contributed by atoms with Gasteiger partial charge in [-0.15, -0.1) is 0 Å². The summed E-state index contributed by atoms with van der Waals surface area (Å²) in [6, 6.07) is 8.18. The Bertz CT molecular complexity index is 904. The maximum absolute atomic E-state index is 12.0. The number of anilines is 2. The first-order valence-electron chi connectivity index (χ1n) is 7.37. The first-order chi connectivity index (χ1) is 11.6. The summed E-state index contributed by atoms with van der Waals surface area (Å²) in [5.74, 6) is -0.606. The Balaban J connectivity index is 1.86. The van der Waals surface area contributed by atoms with Crippen LogP contribution in [-0.4, -0.2) is 26.7 Å². The number of benzene rings is 1. The summed E-state index contributed by atoms with van der Waals surface area (Å²) in [6.07, 6.45) is 3.17. The number of carbonyl (C=O) groups excluding carboxylic acids is 2. The van der Waals surface area contributed by atoms with Gasteiger partial charge in [-0.2, -0.15) is 5.10 Å². The number of pyridine rings is 1. The van der Waals surface area contributed by atoms with Crippen molar-refractivity contribution in [3.63, 3.8) is 0 Å². The van der Waals surface area contributed by atoms with Gasteiger partial charge in [0.05, 0.1) is 5.52 Å². The Hall–Kier alpha value is -3.42. The molecule has 3 aromatic rings. The number of rotatable bonds is 4. The van der Waals surface area contributed by atoms with Crippen LogP contribution in [0.5, 0.6) is 0 Å². The van der Waals surface area contributed by atoms with Crippen molar-refractivity contribution >= 4 is 34.2 Å². The summed E-state index contributed by atoms with van der Waals surface area (Å²) in [5, 5.41) is 10.2. The lowest BCUT2D eigenvalue weighted by molar-refractivity contribution is 0.0996. The third-order valence-corrected chi connectivity index (χ3v) is 3.48. The molecule has 24 heavy (non-hydrogen) atoms. The minimum Gasteiger partial charge on any atom is -0.364 e. The maximum Gasteiger partial charge on any atom is 0.323 e. The lowest BCUT2D eigenvalue weighted by atomic mass is 10.2. The molecular formula is C16H16N6O2. The maximum atomic E-state index is 12.0. The molecule has 3 amide bonds. The SMILES string of the molecule is CCn1nc(C(N)=O)c2cc(NC(=O)Nc3ccncc3)ccc21. The average molecular weight is 324 g/mol. The second-order valence-electron chi connectivity index (χ2n) is 5.08. The number of urea groups is 1. The Kier molecular flexibility index (Phi) is 4.11. The molecule has 8 nitrogen and oxygen atoms in total. The third kappa shape index (κ3) is 3.02. The van der Waals surface area contributed by atoms with Crippen LogP contribution in [0.1, 0.15) is 17.4 Å². The molecule has 0 atom stereocenters. The molecule has 1 aromatic carbocycles. The van der Waals surface area contributed by atoms with Gasteiger partial charge >= 0.3 is 6.03 Å². The van der Waals surface area contributed by atoms with Gasteiger partial charge in [0, 0.05) is 35.7 Å². The van der Waals surface area contributed by atoms with Gasteiger partial charge < -0.3 is 16.4 Å². The molecule has 122 valence electrons. The fourth-order valence-corrected chi connectivity index (χ4v) is 2.41. The van der Waals surface area contributed by atoms with Crippen LogP contribution >= 0.6 is 0 Å². The Morgan fingerprint density at radius 1 is 1.12 bits per heavy atom. The Labute approximate surface area is 137 Å². The van der Waals surface area contributed by atoms with Crippen LogP contribution in [0.2, 0.25) is 0 Å². The van der Waals surface area contributed by atoms with Gasteiger partial charge in [0.2, 0.25) is 0 Å². The van der Waals surface area contributed by atoms with Crippen molar-refractivity contribution in [2.75, 3.05) is 10.6 Å². The molecule has 0 spiro atoms. The lowest BCUT2D eigenvalue weighted by Crippen LogP contribution is -2.19. The van der Waals surface area contributed by atoms with Gasteiger partial charge in [0.15, 0.2) is 5.69 Å². The summed E-state index contributed by atoms with van der Waals surface area (Å²) in [7, 11) is 0. The van der Waals surface area contributed by atoms with Crippen molar-refractivity contribution < 1.29 is 9.59 Å². The van der Waals surface area contributed by atoms with Crippen molar-refractivity contribution in [1.29, 1.82) is 0 Å². The fraction of sp³-hybridized carbons (Fsp3) is 0.125. The quantitative estimate of drug-likeness (QED) is 0.682. The molecule has 8 heteroatoms. The van der Waals surface area contributed by atoms with Gasteiger partial charge in [0.1, 0.15) is 0 Å². The van der Waals surface area contributed by atoms with Crippen LogP contribution in [-0.2, 0) is 6.54 Å². The average Bonchev–Trinajstić information content (AvgIpc) is 2.94. The van der Waals surface area contributed by atoms with E-state index in [4.69, 9.17) is 5.73 Å². The zero-order valence-electron chi connectivity index (χ0n) is 13.0. The summed E-state index contributed by atoms with van der Waals surface area (Å²) in [5.41, 5.74) is 7.51. The molecule has 0 aliphatic rings. The van der Waals surface area contributed by atoms with E-state index >= 15 is 0 Å². The molecule has 3 rings (SSSR count). The Morgan fingerprint density at radius 2 is 1.83 bits per heavy atom. The van der Waals surface area contributed by atoms with E-state index in [0.717, 1.165) is 5.52 Å². The highest BCUT2D eigenvalue weighted by Crippen LogP contribution is 2.23. The molecule has 0 saturated carbocycles. The van der Waals surface area contributed by atoms with E-state index in [-0.39, 0.29) is 5.69 Å². The summed E-state index contributed by atoms with van der Waals surface area (Å²) in [4.78, 5) is 27.5. The summed E-state index contributed by atoms with van der Waals surface area (Å²) in [6.45, 7) is 2.53. The standard InChI is InChI=1S/C16H16N6O2/c1-2-22-13-4-3-11(9-12(13)14(21-22)15(17)23)20-16(24)19-10-5-7-18-8-6-10/h3-9H,2H2,1H3,(H2,17,23)(H2,18,19,20,24). The molecular weight excluding hydrogens is 308 g/mol. The Morgan fingerprint density at radius 3 is 2.50 bits per heavy atom. The van der Waals surface area contributed by atoms with E-state index in [2.05, 4.69) is 20.7 Å². The smallest absolute Gasteiger partial charge is 0.323 e. The molecule has 0 fully saturated rings. The van der Waals surface area contributed by atoms with Gasteiger partial charge in [-0.3, -0.25) is 14.5 Å². The molecule has 0 unspecified atom stereocenters. The number of amides is 3. The van der Waals surface area contributed by atoms with E-state index < -0.39 is 11.9 Å². The lowest BCUT2D eigenvalue weighted by Gasteiger charge is -2.08. The number of nitrogens with zero attached hydrogens (tertiary/aromatic N) is 3. The first kappa shape index (κ1) is 15.5. The van der Waals surface area contributed by atoms with E-state index in [1.165, 1.54) is 0 Å². The van der Waals surface area contributed by atoms with Crippen molar-refractivity contribution in [1.82, 2.24) is 14.8 Å². The largest absolute Gasteiger partial charge is 0.364 e. The number of nitrogens with one attached hydrogen (secondary N) is 2. The molecule has 2 aromatic heterocycles. The highest BCUT2D eigenvalue weighted by atomic mass is 16.2. The van der Waals surface area contributed by atoms with E-state index in [0.29, 0.717) is 23.3 Å². The van der Waals surface area contributed by atoms with Crippen molar-refractivity contribution in [2.45, 2.75) is 13.5 Å². The molecule has 0 aliphatic carbocycles. The number of aromatic nitrogens is 3. The van der Waals surface area contributed by atoms with Crippen LogP contribution in [0.15, 0.2) is 42.7 Å². The third-order valence-electron chi connectivity index (χ3n) is 3.48. The van der Waals surface area contributed by atoms with E-state index in [9.17, 15) is 9.59 Å². The van der Waals surface area contributed by atoms with Gasteiger partial charge in [0.25, 0.3) is 5.91 Å². The van der Waals surface area contributed by atoms with Crippen LogP contribution in [0.25, 0.3) is 10.9 Å². The highest BCUT2D eigenvalue weighted by Gasteiger charge is 2.15. The topological polar surface area (TPSA) is 115 Å². The zero-order valence-corrected chi connectivity index (χ0v) is 13.0. The first-order valence-corrected chi connectivity index (χ1v) is 7.37. The minimum atomic E-state index is -0.606. The molecule has 0 aliphatic heterocycles. The number of aryl methyl sites for hydroxylation is 1. The van der Waals surface area contributed by atoms with Crippen molar-refractivity contribution in [2.24, 2.45) is 5.73 Å². The molecule has 0 saturated heterocycles. The van der Waals surface area contributed by atoms with Crippen LogP contribution in [0.4, 0.5) is 16.2 Å². The summed E-state index contributed by atoms with van der Waals surface area (Å²) >= 11 is 0. The van der Waals surface area contributed by atoms with Crippen LogP contribution in [0.3, 0.4) is 0 Å². The molecule has 0 radical (unpaired) electrons. The van der Waals surface area contributed by atoms with Gasteiger partial charge in [-0.1, -0.05) is 0 Å². The number of fused-ring (bicyclic) bond motifs is 1. The second-order valence-corrected chi connectivity index (χ2v) is 5.08. The normalized spacial score (nSPS) is 10.5. The summed E-state index contributed by atoms with van der Waals surface area (Å²) < 4.78 is 1.69. The number of nitrogens with two attached hydrogens (primary N) is 1. The van der Waals surface area contributed by atoms with Crippen LogP contribution in [0, 0.1) is 0 Å². The van der Waals surface area contributed by atoms with Gasteiger partial charge in [-0.05, 0) is 37.3 Å². The predicted molar refractivity (Wildman–Crippen MR) is 90.8 cm³/mol. The monoisotopic (exact) mass is 324 g/mol. The van der Waals surface area contributed by atoms with Crippen LogP contribution < -0.4 is 16.4 Å². The molecule has 2 heterocycles. The van der Waals surface area contributed by atoms with E-state index in [1.807, 2.05) is 6.92 Å². The number of carbonyl (C=O) groups is 2. The zero-order chi connectivity index (χ0) is 17.1. The van der Waals surface area contributed by atoms with Gasteiger partial charge in [-0.25, -0.2) is 4.79 Å². The molecule has 4 N–H and O–H groups in total. The fourth-order valence-electron chi connectivity index (χ4n) is 2.41. The van der Waals surface area contributed by atoms with Crippen molar-refractivity contribution in [3.8, 4) is 0 Å². The van der Waals surface area contributed by atoms with E-state index in [1.54, 1.807) is 47.4 Å². The predicted octanol–water partition coefficient (Wildman–Crippen LogP) is 2.19. The number of hydrogen-bond acceptors (Lipinski definition) is 4. The second kappa shape index (κ2) is 6.37. The number of hydrogen-bond donors (Lipinski definition) is 3. The highest BCUT2D eigenvalue weighted by molar-refractivity contribution is 6.06. The number of primary amides is 1.